The largest absolute Gasteiger partial charge is 0.315 e. The number of aryl methyl sites for hydroxylation is 2. The molecular weight excluding hydrogens is 266 g/mol. The second-order valence-corrected chi connectivity index (χ2v) is 6.06. The zero-order valence-corrected chi connectivity index (χ0v) is 12.1. The quantitative estimate of drug-likeness (QED) is 0.924. The number of nitrogens with zero attached hydrogens (tertiary/aromatic N) is 2. The zero-order valence-electron chi connectivity index (χ0n) is 10.5. The Morgan fingerprint density at radius 3 is 2.44 bits per heavy atom. The van der Waals surface area contributed by atoms with Crippen LogP contribution in [0.15, 0.2) is 4.47 Å². The van der Waals surface area contributed by atoms with E-state index >= 15 is 0 Å². The molecule has 0 spiro atoms. The molecule has 1 aromatic rings. The van der Waals surface area contributed by atoms with Crippen molar-refractivity contribution in [2.75, 3.05) is 13.1 Å². The summed E-state index contributed by atoms with van der Waals surface area (Å²) in [5.74, 6) is 0.704. The molecule has 1 aliphatic rings. The van der Waals surface area contributed by atoms with Gasteiger partial charge in [-0.25, -0.2) is 0 Å². The monoisotopic (exact) mass is 285 g/mol. The normalized spacial score (nSPS) is 18.9. The van der Waals surface area contributed by atoms with E-state index in [4.69, 9.17) is 0 Å². The molecule has 2 heterocycles. The zero-order chi connectivity index (χ0) is 11.9. The Bertz CT molecular complexity index is 391. The van der Waals surface area contributed by atoms with Gasteiger partial charge in [0, 0.05) is 25.6 Å². The van der Waals surface area contributed by atoms with Crippen LogP contribution in [0.5, 0.6) is 0 Å². The van der Waals surface area contributed by atoms with Crippen molar-refractivity contribution in [3.05, 3.63) is 15.9 Å². The number of hydrogen-bond donors (Lipinski definition) is 1. The summed E-state index contributed by atoms with van der Waals surface area (Å²) >= 11 is 3.65. The first-order valence-corrected chi connectivity index (χ1v) is 6.64. The maximum absolute atomic E-state index is 4.46. The maximum Gasteiger partial charge on any atom is 0.0738 e. The number of nitrogens with one attached hydrogen (secondary N) is 1. The first-order chi connectivity index (χ1) is 7.46. The van der Waals surface area contributed by atoms with Crippen LogP contribution in [0.4, 0.5) is 0 Å². The van der Waals surface area contributed by atoms with Gasteiger partial charge in [0.2, 0.25) is 0 Å². The topological polar surface area (TPSA) is 29.9 Å². The highest BCUT2D eigenvalue weighted by Gasteiger charge is 2.41. The highest BCUT2D eigenvalue weighted by molar-refractivity contribution is 9.10. The van der Waals surface area contributed by atoms with Crippen molar-refractivity contribution < 1.29 is 0 Å². The summed E-state index contributed by atoms with van der Waals surface area (Å²) in [6.45, 7) is 8.94. The Kier molecular flexibility index (Phi) is 3.14. The molecule has 0 amide bonds. The third-order valence-electron chi connectivity index (χ3n) is 3.96. The van der Waals surface area contributed by atoms with Crippen molar-refractivity contribution in [2.45, 2.75) is 27.2 Å². The molecule has 0 radical (unpaired) electrons. The van der Waals surface area contributed by atoms with Crippen LogP contribution in [-0.2, 0) is 13.5 Å². The van der Waals surface area contributed by atoms with Gasteiger partial charge in [0.1, 0.15) is 0 Å². The molecular formula is C12H20BrN3. The molecule has 16 heavy (non-hydrogen) atoms. The van der Waals surface area contributed by atoms with Gasteiger partial charge in [-0.3, -0.25) is 4.68 Å². The fourth-order valence-corrected chi connectivity index (χ4v) is 2.87. The summed E-state index contributed by atoms with van der Waals surface area (Å²) in [4.78, 5) is 0. The standard InChI is InChI=1S/C12H20BrN3/c1-8(2)12(6-14-7-12)5-10-11(13)9(3)15-16(10)4/h8,14H,5-7H2,1-4H3. The Hall–Kier alpha value is -0.350. The van der Waals surface area contributed by atoms with Crippen molar-refractivity contribution in [1.82, 2.24) is 15.1 Å². The predicted molar refractivity (Wildman–Crippen MR) is 69.5 cm³/mol. The van der Waals surface area contributed by atoms with Crippen molar-refractivity contribution >= 4 is 15.9 Å². The van der Waals surface area contributed by atoms with E-state index in [1.165, 1.54) is 10.2 Å². The number of rotatable bonds is 3. The molecule has 0 unspecified atom stereocenters. The van der Waals surface area contributed by atoms with Crippen LogP contribution < -0.4 is 5.32 Å². The van der Waals surface area contributed by atoms with Gasteiger partial charge in [0.05, 0.1) is 15.9 Å². The lowest BCUT2D eigenvalue weighted by molar-refractivity contribution is 0.0966. The Morgan fingerprint density at radius 2 is 2.12 bits per heavy atom. The molecule has 0 saturated carbocycles. The van der Waals surface area contributed by atoms with E-state index in [-0.39, 0.29) is 0 Å². The number of aromatic nitrogens is 2. The lowest BCUT2D eigenvalue weighted by Gasteiger charge is -2.46. The van der Waals surface area contributed by atoms with Gasteiger partial charge in [-0.2, -0.15) is 5.10 Å². The minimum atomic E-state index is 0.419. The van der Waals surface area contributed by atoms with Crippen LogP contribution in [0.25, 0.3) is 0 Å². The van der Waals surface area contributed by atoms with Crippen LogP contribution in [0.1, 0.15) is 25.2 Å². The highest BCUT2D eigenvalue weighted by Crippen LogP contribution is 2.37. The van der Waals surface area contributed by atoms with Crippen LogP contribution in [-0.4, -0.2) is 22.9 Å². The van der Waals surface area contributed by atoms with Gasteiger partial charge in [0.15, 0.2) is 0 Å². The maximum atomic E-state index is 4.46. The fraction of sp³-hybridized carbons (Fsp3) is 0.750. The Balaban J connectivity index is 2.26. The first kappa shape index (κ1) is 12.1. The fourth-order valence-electron chi connectivity index (χ4n) is 2.39. The molecule has 0 aromatic carbocycles. The van der Waals surface area contributed by atoms with E-state index in [1.807, 2.05) is 11.7 Å². The third-order valence-corrected chi connectivity index (χ3v) is 4.99. The van der Waals surface area contributed by atoms with E-state index in [9.17, 15) is 0 Å². The van der Waals surface area contributed by atoms with Crippen LogP contribution >= 0.6 is 15.9 Å². The Morgan fingerprint density at radius 1 is 1.50 bits per heavy atom. The molecule has 1 aliphatic heterocycles. The average molecular weight is 286 g/mol. The third kappa shape index (κ3) is 1.82. The predicted octanol–water partition coefficient (Wildman–Crippen LogP) is 2.28. The molecule has 4 heteroatoms. The van der Waals surface area contributed by atoms with Crippen molar-refractivity contribution in [2.24, 2.45) is 18.4 Å². The molecule has 2 rings (SSSR count). The van der Waals surface area contributed by atoms with Crippen molar-refractivity contribution in [3.63, 3.8) is 0 Å². The molecule has 1 N–H and O–H groups in total. The highest BCUT2D eigenvalue weighted by atomic mass is 79.9. The van der Waals surface area contributed by atoms with Gasteiger partial charge in [-0.15, -0.1) is 0 Å². The molecule has 90 valence electrons. The smallest absolute Gasteiger partial charge is 0.0738 e. The molecule has 1 saturated heterocycles. The van der Waals surface area contributed by atoms with E-state index in [0.29, 0.717) is 11.3 Å². The van der Waals surface area contributed by atoms with Crippen molar-refractivity contribution in [3.8, 4) is 0 Å². The Labute approximate surface area is 106 Å². The van der Waals surface area contributed by atoms with Gasteiger partial charge in [0.25, 0.3) is 0 Å². The van der Waals surface area contributed by atoms with Crippen LogP contribution in [0.2, 0.25) is 0 Å². The molecule has 0 atom stereocenters. The minimum Gasteiger partial charge on any atom is -0.315 e. The summed E-state index contributed by atoms with van der Waals surface area (Å²) in [6.07, 6.45) is 1.11. The molecule has 1 fully saturated rings. The molecule has 1 aromatic heterocycles. The van der Waals surface area contributed by atoms with Gasteiger partial charge in [-0.1, -0.05) is 13.8 Å². The first-order valence-electron chi connectivity index (χ1n) is 5.85. The summed E-state index contributed by atoms with van der Waals surface area (Å²) in [5.41, 5.74) is 2.83. The summed E-state index contributed by atoms with van der Waals surface area (Å²) in [7, 11) is 2.03. The number of halogens is 1. The van der Waals surface area contributed by atoms with E-state index in [1.54, 1.807) is 0 Å². The molecule has 3 nitrogen and oxygen atoms in total. The SMILES string of the molecule is Cc1nn(C)c(CC2(C(C)C)CNC2)c1Br. The summed E-state index contributed by atoms with van der Waals surface area (Å²) < 4.78 is 3.20. The molecule has 0 aliphatic carbocycles. The summed E-state index contributed by atoms with van der Waals surface area (Å²) in [5, 5.41) is 7.87. The second kappa shape index (κ2) is 4.15. The van der Waals surface area contributed by atoms with E-state index < -0.39 is 0 Å². The number of hydrogen-bond acceptors (Lipinski definition) is 2. The minimum absolute atomic E-state index is 0.419. The van der Waals surface area contributed by atoms with Crippen molar-refractivity contribution in [1.29, 1.82) is 0 Å². The molecule has 0 bridgehead atoms. The summed E-state index contributed by atoms with van der Waals surface area (Å²) in [6, 6.07) is 0. The van der Waals surface area contributed by atoms with E-state index in [2.05, 4.69) is 47.1 Å². The lowest BCUT2D eigenvalue weighted by Crippen LogP contribution is -2.57. The lowest BCUT2D eigenvalue weighted by atomic mass is 9.69. The van der Waals surface area contributed by atoms with Crippen LogP contribution in [0.3, 0.4) is 0 Å². The van der Waals surface area contributed by atoms with Gasteiger partial charge in [-0.05, 0) is 35.2 Å². The van der Waals surface area contributed by atoms with Crippen LogP contribution in [0, 0.1) is 18.3 Å². The van der Waals surface area contributed by atoms with E-state index in [0.717, 1.165) is 25.2 Å². The van der Waals surface area contributed by atoms with Gasteiger partial charge >= 0.3 is 0 Å². The average Bonchev–Trinajstić information content (AvgIpc) is 2.36. The second-order valence-electron chi connectivity index (χ2n) is 5.27. The van der Waals surface area contributed by atoms with Gasteiger partial charge < -0.3 is 5.32 Å².